The minimum atomic E-state index is -4.36. The van der Waals surface area contributed by atoms with E-state index < -0.39 is 23.5 Å². The Kier molecular flexibility index (Phi) is 13.8. The van der Waals surface area contributed by atoms with Gasteiger partial charge in [-0.25, -0.2) is 15.0 Å². The van der Waals surface area contributed by atoms with Crippen LogP contribution in [0.1, 0.15) is 37.2 Å². The maximum absolute atomic E-state index is 12.7. The summed E-state index contributed by atoms with van der Waals surface area (Å²) in [6.45, 7) is 3.73. The van der Waals surface area contributed by atoms with Gasteiger partial charge in [0.15, 0.2) is 23.3 Å². The Bertz CT molecular complexity index is 2440. The molecule has 7 rings (SSSR count). The number of nitrogens with one attached hydrogen (secondary N) is 3. The molecule has 0 atom stereocenters. The number of para-hydroxylation sites is 4. The van der Waals surface area contributed by atoms with Crippen molar-refractivity contribution in [2.45, 2.75) is 39.0 Å². The third-order valence-corrected chi connectivity index (χ3v) is 8.17. The lowest BCUT2D eigenvalue weighted by molar-refractivity contribution is -0.138. The summed E-state index contributed by atoms with van der Waals surface area (Å²) >= 11 is 4.82. The van der Waals surface area contributed by atoms with Gasteiger partial charge in [-0.05, 0) is 84.4 Å². The van der Waals surface area contributed by atoms with E-state index in [0.717, 1.165) is 41.1 Å². The van der Waals surface area contributed by atoms with Crippen LogP contribution in [0.15, 0.2) is 122 Å². The Labute approximate surface area is 333 Å². The fourth-order valence-electron chi connectivity index (χ4n) is 5.11. The first-order valence-electron chi connectivity index (χ1n) is 17.4. The molecule has 0 aliphatic heterocycles. The van der Waals surface area contributed by atoms with Gasteiger partial charge in [0.1, 0.15) is 5.82 Å². The molecule has 0 saturated carbocycles. The highest BCUT2D eigenvalue weighted by Gasteiger charge is 2.30. The number of aryl methyl sites for hydroxylation is 1. The van der Waals surface area contributed by atoms with Crippen LogP contribution in [0.5, 0.6) is 0 Å². The molecule has 0 aliphatic carbocycles. The van der Waals surface area contributed by atoms with E-state index in [2.05, 4.69) is 40.9 Å². The Balaban J connectivity index is 0.000000199. The first kappa shape index (κ1) is 42.4. The maximum Gasteiger partial charge on any atom is 0.416 e. The third-order valence-electron chi connectivity index (χ3n) is 7.90. The monoisotopic (exact) mass is 820 g/mol. The summed E-state index contributed by atoms with van der Waals surface area (Å²) in [5.41, 5.74) is 8.44. The van der Waals surface area contributed by atoms with Crippen molar-refractivity contribution >= 4 is 68.1 Å². The van der Waals surface area contributed by atoms with E-state index in [1.807, 2.05) is 47.9 Å². The number of aromatic nitrogens is 6. The van der Waals surface area contributed by atoms with Crippen LogP contribution in [0.25, 0.3) is 16.9 Å². The van der Waals surface area contributed by atoms with Gasteiger partial charge in [-0.15, -0.1) is 0 Å². The molecule has 300 valence electrons. The van der Waals surface area contributed by atoms with Gasteiger partial charge in [0.05, 0.1) is 58.3 Å². The van der Waals surface area contributed by atoms with Crippen LogP contribution < -0.4 is 21.7 Å². The van der Waals surface area contributed by atoms with Crippen LogP contribution in [0.2, 0.25) is 0 Å². The van der Waals surface area contributed by atoms with Gasteiger partial charge in [-0.3, -0.25) is 19.3 Å². The Hall–Kier alpha value is -6.75. The molecule has 7 aromatic rings. The summed E-state index contributed by atoms with van der Waals surface area (Å²) in [6, 6.07) is 24.4. The number of imidazole rings is 1. The van der Waals surface area contributed by atoms with Crippen LogP contribution >= 0.6 is 11.6 Å². The Morgan fingerprint density at radius 3 is 1.66 bits per heavy atom. The van der Waals surface area contributed by atoms with Crippen molar-refractivity contribution in [2.24, 2.45) is 0 Å². The topological polar surface area (TPSA) is 149 Å². The van der Waals surface area contributed by atoms with Gasteiger partial charge >= 0.3 is 12.4 Å². The van der Waals surface area contributed by atoms with Gasteiger partial charge < -0.3 is 21.7 Å². The molecule has 0 amide bonds. The Morgan fingerprint density at radius 2 is 1.14 bits per heavy atom. The minimum absolute atomic E-state index is 0.273. The fourth-order valence-corrected chi connectivity index (χ4v) is 5.11. The van der Waals surface area contributed by atoms with Crippen molar-refractivity contribution in [3.05, 3.63) is 139 Å². The summed E-state index contributed by atoms with van der Waals surface area (Å²) < 4.78 is 77.8. The SMILES string of the molecule is CCC(=O)Cl.CCc1nc2ccccc2n1-c1cncc(Nc2ccc(C(F)(F)F)cc2)n1.Nc1ccccc1Nc1cncc(Nc2ccc(C(F)(F)F)cc2)n1. The highest BCUT2D eigenvalue weighted by atomic mass is 35.5. The predicted molar refractivity (Wildman–Crippen MR) is 213 cm³/mol. The number of nitrogen functional groups attached to an aromatic ring is 1. The van der Waals surface area contributed by atoms with Gasteiger partial charge in [0, 0.05) is 24.2 Å². The number of hydrogen-bond donors (Lipinski definition) is 4. The molecule has 58 heavy (non-hydrogen) atoms. The van der Waals surface area contributed by atoms with E-state index in [1.54, 1.807) is 25.3 Å². The molecule has 0 fully saturated rings. The first-order valence-corrected chi connectivity index (χ1v) is 17.8. The average Bonchev–Trinajstić information content (AvgIpc) is 3.58. The van der Waals surface area contributed by atoms with Crippen LogP contribution in [-0.4, -0.2) is 34.7 Å². The molecule has 5 N–H and O–H groups in total. The zero-order chi connectivity index (χ0) is 41.9. The average molecular weight is 821 g/mol. The highest BCUT2D eigenvalue weighted by Crippen LogP contribution is 2.32. The normalized spacial score (nSPS) is 11.1. The number of fused-ring (bicyclic) bond motifs is 1. The van der Waals surface area contributed by atoms with E-state index >= 15 is 0 Å². The second-order valence-electron chi connectivity index (χ2n) is 12.1. The molecule has 3 aromatic heterocycles. The lowest BCUT2D eigenvalue weighted by Crippen LogP contribution is -2.06. The zero-order valence-corrected chi connectivity index (χ0v) is 31.5. The van der Waals surface area contributed by atoms with Gasteiger partial charge in [0.2, 0.25) is 5.24 Å². The van der Waals surface area contributed by atoms with Crippen molar-refractivity contribution in [1.29, 1.82) is 0 Å². The molecular formula is C40H35ClF6N10O. The predicted octanol–water partition coefficient (Wildman–Crippen LogP) is 10.9. The molecule has 0 unspecified atom stereocenters. The molecule has 0 spiro atoms. The lowest BCUT2D eigenvalue weighted by atomic mass is 10.2. The summed E-state index contributed by atoms with van der Waals surface area (Å²) in [5, 5.41) is 8.67. The number of carbonyl (C=O) groups excluding carboxylic acids is 1. The van der Waals surface area contributed by atoms with Crippen molar-refractivity contribution in [1.82, 2.24) is 29.5 Å². The zero-order valence-electron chi connectivity index (χ0n) is 30.8. The maximum atomic E-state index is 12.7. The third kappa shape index (κ3) is 11.6. The van der Waals surface area contributed by atoms with Crippen LogP contribution in [0.4, 0.5) is 66.5 Å². The van der Waals surface area contributed by atoms with Gasteiger partial charge in [-0.1, -0.05) is 38.1 Å². The van der Waals surface area contributed by atoms with Crippen LogP contribution in [-0.2, 0) is 23.6 Å². The van der Waals surface area contributed by atoms with E-state index in [-0.39, 0.29) is 5.24 Å². The number of benzene rings is 4. The molecule has 18 heteroatoms. The van der Waals surface area contributed by atoms with Gasteiger partial charge in [-0.2, -0.15) is 26.3 Å². The molecule has 0 radical (unpaired) electrons. The standard InChI is InChI=1S/C20H16F3N5.C17H14F3N5.C3H5ClO/c1-2-18-26-15-5-3-4-6-16(15)28(18)19-12-24-11-17(27-19)25-14-9-7-13(8-10-14)20(21,22)23;18-17(19,20)11-5-7-12(8-6-11)23-15-9-22-10-16(25-15)24-14-4-2-1-3-13(14)21;1-2-3(4)5/h3-12H,2H2,1H3,(H,25,27);1-10H,21H2,(H2,23,24,25);2H2,1H3. The van der Waals surface area contributed by atoms with E-state index in [4.69, 9.17) is 17.3 Å². The van der Waals surface area contributed by atoms with Crippen molar-refractivity contribution in [2.75, 3.05) is 21.7 Å². The second kappa shape index (κ2) is 18.9. The lowest BCUT2D eigenvalue weighted by Gasteiger charge is -2.11. The van der Waals surface area contributed by atoms with Crippen LogP contribution in [0.3, 0.4) is 0 Å². The summed E-state index contributed by atoms with van der Waals surface area (Å²) in [4.78, 5) is 31.4. The minimum Gasteiger partial charge on any atom is -0.397 e. The number of carbonyl (C=O) groups is 1. The molecule has 3 heterocycles. The summed E-state index contributed by atoms with van der Waals surface area (Å²) in [5.74, 6) is 2.70. The molecular weight excluding hydrogens is 786 g/mol. The number of anilines is 7. The highest BCUT2D eigenvalue weighted by molar-refractivity contribution is 6.63. The van der Waals surface area contributed by atoms with E-state index in [1.165, 1.54) is 42.9 Å². The molecule has 0 aliphatic rings. The summed E-state index contributed by atoms with van der Waals surface area (Å²) in [6.07, 6.45) is -1.44. The van der Waals surface area contributed by atoms with Crippen molar-refractivity contribution < 1.29 is 31.1 Å². The van der Waals surface area contributed by atoms with Crippen molar-refractivity contribution in [3.8, 4) is 5.82 Å². The number of hydrogen-bond acceptors (Lipinski definition) is 10. The van der Waals surface area contributed by atoms with Crippen LogP contribution in [0, 0.1) is 0 Å². The largest absolute Gasteiger partial charge is 0.416 e. The van der Waals surface area contributed by atoms with E-state index in [0.29, 0.717) is 58.9 Å². The molecule has 11 nitrogen and oxygen atoms in total. The quantitative estimate of drug-likeness (QED) is 0.0630. The number of alkyl halides is 6. The second-order valence-corrected chi connectivity index (χ2v) is 12.5. The van der Waals surface area contributed by atoms with E-state index in [9.17, 15) is 31.1 Å². The number of rotatable bonds is 9. The molecule has 0 bridgehead atoms. The van der Waals surface area contributed by atoms with Crippen molar-refractivity contribution in [3.63, 3.8) is 0 Å². The Morgan fingerprint density at radius 1 is 0.655 bits per heavy atom. The molecule has 0 saturated heterocycles. The smallest absolute Gasteiger partial charge is 0.397 e. The number of nitrogens with two attached hydrogens (primary N) is 1. The molecule has 4 aromatic carbocycles. The first-order chi connectivity index (χ1) is 27.6. The number of nitrogens with zero attached hydrogens (tertiary/aromatic N) is 6. The fraction of sp³-hybridized carbons (Fsp3) is 0.150. The van der Waals surface area contributed by atoms with Gasteiger partial charge in [0.25, 0.3) is 0 Å². The number of halogens is 7. The summed E-state index contributed by atoms with van der Waals surface area (Å²) in [7, 11) is 0.